The fourth-order valence-corrected chi connectivity index (χ4v) is 20.1. The summed E-state index contributed by atoms with van der Waals surface area (Å²) in [5, 5.41) is 79.6. The minimum absolute atomic E-state index is 0.102. The predicted octanol–water partition coefficient (Wildman–Crippen LogP) is 22.9. The van der Waals surface area contributed by atoms with Crippen LogP contribution in [0.3, 0.4) is 0 Å². The fourth-order valence-electron chi connectivity index (χ4n) is 20.1. The summed E-state index contributed by atoms with van der Waals surface area (Å²) in [5.41, 5.74) is 15.6. The Morgan fingerprint density at radius 2 is 0.368 bits per heavy atom. The number of aliphatic hydroxyl groups is 8. The molecule has 13 atom stereocenters. The molecule has 24 heteroatoms. The van der Waals surface area contributed by atoms with Crippen LogP contribution in [0.2, 0.25) is 0 Å². The van der Waals surface area contributed by atoms with E-state index >= 15 is 0 Å². The molecule has 8 N–H and O–H groups in total. The van der Waals surface area contributed by atoms with E-state index in [1.54, 1.807) is 0 Å². The Morgan fingerprint density at radius 1 is 0.222 bits per heavy atom. The van der Waals surface area contributed by atoms with Crippen LogP contribution in [0, 0.1) is 0 Å². The summed E-state index contributed by atoms with van der Waals surface area (Å²) in [5.74, 6) is 3.75. The van der Waals surface area contributed by atoms with Crippen LogP contribution >= 0.6 is 0 Å². The van der Waals surface area contributed by atoms with Crippen molar-refractivity contribution in [2.75, 3.05) is 96.5 Å². The number of nitrogens with zero attached hydrogens (tertiary/aromatic N) is 16. The van der Waals surface area contributed by atoms with Crippen LogP contribution in [0.25, 0.3) is 0 Å². The number of hydrogen-bond donors (Lipinski definition) is 8. The van der Waals surface area contributed by atoms with Crippen LogP contribution in [0.5, 0.6) is 0 Å². The van der Waals surface area contributed by atoms with E-state index in [-0.39, 0.29) is 18.3 Å². The van der Waals surface area contributed by atoms with Gasteiger partial charge in [0.25, 0.3) is 0 Å². The van der Waals surface area contributed by atoms with Crippen molar-refractivity contribution in [2.45, 2.75) is 446 Å². The molecule has 16 heterocycles. The standard InChI is InChI=1S/8C15H24N2O/c5*1-11(2)14-6-5-13(9-16-14)17-10-15(4,18)8-7-12(17)3;3*1-11(2)15-5-4-13(10-16-15)12(3)17-8-6-14(18)7-9-17/h5*5-6,9,11-12,18H,7-8,10H2,1-4H3;3*4-5,10-12,14,18H,6-9H2,1-3H3/t2*12-,15+;2*12-,15-;;2*12-;/m1010.10./s1. The van der Waals surface area contributed by atoms with Gasteiger partial charge in [0.15, 0.2) is 0 Å². The van der Waals surface area contributed by atoms with Gasteiger partial charge in [-0.05, 0) is 336 Å². The largest absolute Gasteiger partial charge is 0.393 e. The van der Waals surface area contributed by atoms with E-state index in [2.05, 4.69) is 342 Å². The number of rotatable bonds is 19. The minimum atomic E-state index is -0.580. The molecular weight excluding hydrogens is 1790 g/mol. The molecule has 16 rings (SSSR count). The van der Waals surface area contributed by atoms with Crippen molar-refractivity contribution in [3.8, 4) is 0 Å². The molecule has 0 bridgehead atoms. The van der Waals surface area contributed by atoms with Gasteiger partial charge in [-0.15, -0.1) is 0 Å². The normalized spacial score (nSPS) is 25.6. The second-order valence-corrected chi connectivity index (χ2v) is 47.4. The molecule has 24 nitrogen and oxygen atoms in total. The molecule has 0 spiro atoms. The lowest BCUT2D eigenvalue weighted by molar-refractivity contribution is 0.0373. The van der Waals surface area contributed by atoms with Gasteiger partial charge in [0.05, 0.1) is 106 Å². The van der Waals surface area contributed by atoms with E-state index in [9.17, 15) is 40.9 Å². The van der Waals surface area contributed by atoms with E-state index in [0.717, 1.165) is 216 Å². The molecule has 0 saturated carbocycles. The number of aliphatic hydroxyl groups excluding tert-OH is 3. The molecule has 0 radical (unpaired) electrons. The van der Waals surface area contributed by atoms with Gasteiger partial charge < -0.3 is 65.4 Å². The second kappa shape index (κ2) is 54.8. The lowest BCUT2D eigenvalue weighted by Crippen LogP contribution is -2.50. The predicted molar refractivity (Wildman–Crippen MR) is 596 cm³/mol. The first-order valence-corrected chi connectivity index (χ1v) is 55.1. The number of pyridine rings is 8. The molecule has 8 fully saturated rings. The van der Waals surface area contributed by atoms with E-state index in [1.165, 1.54) is 16.7 Å². The van der Waals surface area contributed by atoms with Crippen LogP contribution in [-0.4, -0.2) is 244 Å². The van der Waals surface area contributed by atoms with Gasteiger partial charge in [-0.1, -0.05) is 129 Å². The van der Waals surface area contributed by atoms with Crippen LogP contribution in [0.1, 0.15) is 431 Å². The summed E-state index contributed by atoms with van der Waals surface area (Å²) < 4.78 is 0. The summed E-state index contributed by atoms with van der Waals surface area (Å²) in [4.78, 5) is 54.8. The van der Waals surface area contributed by atoms with Crippen LogP contribution in [-0.2, 0) is 0 Å². The molecule has 800 valence electrons. The molecule has 0 aliphatic carbocycles. The average Bonchev–Trinajstić information content (AvgIpc) is 0.821. The first-order valence-electron chi connectivity index (χ1n) is 55.1. The molecule has 8 aromatic heterocycles. The average molecular weight is 1990 g/mol. The number of β-amino-alcohol motifs (C(OH)–C–C–N with tert-alkyl or cyclic N) is 5. The van der Waals surface area contributed by atoms with Crippen molar-refractivity contribution in [1.29, 1.82) is 0 Å². The van der Waals surface area contributed by atoms with Crippen molar-refractivity contribution in [1.82, 2.24) is 54.6 Å². The summed E-state index contributed by atoms with van der Waals surface area (Å²) in [6, 6.07) is 37.6. The lowest BCUT2D eigenvalue weighted by atomic mass is 9.90. The fraction of sp³-hybridized carbons (Fsp3) is 0.667. The Balaban J connectivity index is 0.000000183. The van der Waals surface area contributed by atoms with Gasteiger partial charge in [-0.2, -0.15) is 0 Å². The van der Waals surface area contributed by atoms with E-state index < -0.39 is 28.0 Å². The Bertz CT molecular complexity index is 4320. The smallest absolute Gasteiger partial charge is 0.0794 e. The molecule has 8 aliphatic heterocycles. The molecule has 0 amide bonds. The molecule has 3 unspecified atom stereocenters. The zero-order valence-corrected chi connectivity index (χ0v) is 94.2. The SMILES string of the molecule is CC(C)c1ccc(C(C)N2CCC(O)CC2)cn1.CC(C)c1ccc(N2CC(C)(O)CCC2C)cn1.CC(C)c1ccc(N2C[C@@](C)(O)CC[C@@H]2C)cn1.CC(C)c1ccc(N2C[C@@](C)(O)CC[C@H]2C)cn1.CC(C)c1ccc(N2C[C@](C)(O)CC[C@@H]2C)cn1.CC(C)c1ccc(N2C[C@](C)(O)CC[C@H]2C)cn1.CC(C)c1ccc([C@@H](C)N2CCC(O)CC2)cn1.CC(C)c1ccc([C@H](C)N2CCC(O)CC2)cn1. The van der Waals surface area contributed by atoms with Crippen molar-refractivity contribution in [3.05, 3.63) is 209 Å². The number of piperidine rings is 8. The number of hydrogen-bond acceptors (Lipinski definition) is 24. The third-order valence-corrected chi connectivity index (χ3v) is 31.0. The molecule has 8 saturated heterocycles. The van der Waals surface area contributed by atoms with E-state index in [4.69, 9.17) is 0 Å². The summed E-state index contributed by atoms with van der Waals surface area (Å²) in [6.07, 6.45) is 30.3. The topological polar surface area (TPSA) is 291 Å². The van der Waals surface area contributed by atoms with Crippen molar-refractivity contribution >= 4 is 28.4 Å². The Hall–Kier alpha value is -8.24. The third kappa shape index (κ3) is 36.9. The molecule has 0 aromatic carbocycles. The van der Waals surface area contributed by atoms with Gasteiger partial charge in [0.1, 0.15) is 0 Å². The lowest BCUT2D eigenvalue weighted by Gasteiger charge is -2.42. The number of aromatic nitrogens is 8. The second-order valence-electron chi connectivity index (χ2n) is 47.4. The zero-order valence-electron chi connectivity index (χ0n) is 94.2. The van der Waals surface area contributed by atoms with Crippen LogP contribution in [0.15, 0.2) is 147 Å². The highest BCUT2D eigenvalue weighted by atomic mass is 16.3. The van der Waals surface area contributed by atoms with Crippen molar-refractivity contribution < 1.29 is 40.9 Å². The van der Waals surface area contributed by atoms with E-state index in [1.807, 2.05) is 84.2 Å². The quantitative estimate of drug-likeness (QED) is 0.0373. The maximum absolute atomic E-state index is 10.2. The first kappa shape index (κ1) is 119. The maximum Gasteiger partial charge on any atom is 0.0794 e. The van der Waals surface area contributed by atoms with Crippen molar-refractivity contribution in [3.63, 3.8) is 0 Å². The van der Waals surface area contributed by atoms with Gasteiger partial charge in [-0.3, -0.25) is 54.6 Å². The summed E-state index contributed by atoms with van der Waals surface area (Å²) in [6.45, 7) is 71.2. The highest BCUT2D eigenvalue weighted by molar-refractivity contribution is 5.51. The first-order chi connectivity index (χ1) is 67.7. The number of anilines is 5. The Morgan fingerprint density at radius 3 is 0.493 bits per heavy atom. The number of likely N-dealkylation sites (tertiary alicyclic amines) is 3. The third-order valence-electron chi connectivity index (χ3n) is 31.0. The minimum Gasteiger partial charge on any atom is -0.393 e. The summed E-state index contributed by atoms with van der Waals surface area (Å²) >= 11 is 0. The monoisotopic (exact) mass is 1990 g/mol. The van der Waals surface area contributed by atoms with Crippen LogP contribution in [0.4, 0.5) is 28.4 Å². The van der Waals surface area contributed by atoms with Crippen molar-refractivity contribution in [2.24, 2.45) is 0 Å². The van der Waals surface area contributed by atoms with E-state index in [0.29, 0.717) is 128 Å². The Kier molecular flexibility index (Phi) is 45.4. The molecular formula is C120H192N16O8. The van der Waals surface area contributed by atoms with Gasteiger partial charge in [0, 0.05) is 184 Å². The van der Waals surface area contributed by atoms with Gasteiger partial charge in [0.2, 0.25) is 0 Å². The summed E-state index contributed by atoms with van der Waals surface area (Å²) in [7, 11) is 0. The molecule has 8 aliphatic rings. The highest BCUT2D eigenvalue weighted by Crippen LogP contribution is 2.39. The zero-order chi connectivity index (χ0) is 106. The maximum atomic E-state index is 10.2. The molecule has 8 aromatic rings. The van der Waals surface area contributed by atoms with Gasteiger partial charge >= 0.3 is 0 Å². The molecule has 144 heavy (non-hydrogen) atoms. The highest BCUT2D eigenvalue weighted by Gasteiger charge is 2.39. The Labute approximate surface area is 869 Å². The van der Waals surface area contributed by atoms with Crippen LogP contribution < -0.4 is 24.5 Å². The van der Waals surface area contributed by atoms with Gasteiger partial charge in [-0.25, -0.2) is 0 Å².